The van der Waals surface area contributed by atoms with Gasteiger partial charge in [0.2, 0.25) is 5.91 Å². The van der Waals surface area contributed by atoms with Crippen molar-refractivity contribution in [3.63, 3.8) is 0 Å². The van der Waals surface area contributed by atoms with Gasteiger partial charge in [-0.2, -0.15) is 18.4 Å². The van der Waals surface area contributed by atoms with Crippen LogP contribution in [0.3, 0.4) is 0 Å². The number of nitriles is 1. The van der Waals surface area contributed by atoms with E-state index in [-0.39, 0.29) is 23.0 Å². The summed E-state index contributed by atoms with van der Waals surface area (Å²) in [6.07, 6.45) is -4.83. The lowest BCUT2D eigenvalue weighted by Crippen LogP contribution is -2.53. The normalized spacial score (nSPS) is 13.5. The zero-order valence-corrected chi connectivity index (χ0v) is 17.0. The summed E-state index contributed by atoms with van der Waals surface area (Å²) >= 11 is 0. The highest BCUT2D eigenvalue weighted by Gasteiger charge is 2.37. The van der Waals surface area contributed by atoms with Crippen LogP contribution in [0.25, 0.3) is 0 Å². The first-order valence-electron chi connectivity index (χ1n) is 7.96. The molecule has 3 N–H and O–H groups in total. The van der Waals surface area contributed by atoms with Crippen molar-refractivity contribution in [3.05, 3.63) is 59.4 Å². The number of benzene rings is 2. The second kappa shape index (κ2) is 8.99. The van der Waals surface area contributed by atoms with Crippen LogP contribution >= 0.6 is 12.4 Å². The monoisotopic (exact) mass is 465 g/mol. The fraction of sp³-hybridized carbons (Fsp3) is 0.222. The Morgan fingerprint density at radius 2 is 1.73 bits per heavy atom. The lowest BCUT2D eigenvalue weighted by Gasteiger charge is -2.23. The van der Waals surface area contributed by atoms with Gasteiger partial charge in [0.15, 0.2) is 9.84 Å². The Bertz CT molecular complexity index is 1080. The van der Waals surface area contributed by atoms with Gasteiger partial charge >= 0.3 is 6.18 Å². The average molecular weight is 466 g/mol. The lowest BCUT2D eigenvalue weighted by atomic mass is 10.0. The summed E-state index contributed by atoms with van der Waals surface area (Å²) in [5.41, 5.74) is 1.59. The minimum Gasteiger partial charge on any atom is -0.324 e. The van der Waals surface area contributed by atoms with Gasteiger partial charge in [-0.15, -0.1) is 12.4 Å². The standard InChI is InChI=1S/C18H15F4N3O3S.ClH/c1-17(24,10-29(27,28)14-6-3-12(19)4-7-14)16(26)25-13-5-2-11(9-23)15(8-13)18(20,21)22;/h2-8H,10,24H2,1H3,(H,25,26);1H/t17-;/m0./s1. The molecule has 0 aliphatic heterocycles. The third kappa shape index (κ3) is 5.91. The first kappa shape index (κ1) is 25.4. The maximum atomic E-state index is 13.0. The molecule has 1 atom stereocenters. The van der Waals surface area contributed by atoms with Gasteiger partial charge < -0.3 is 11.1 Å². The average Bonchev–Trinajstić information content (AvgIpc) is 2.60. The number of hydrogen-bond acceptors (Lipinski definition) is 5. The molecule has 0 unspecified atom stereocenters. The van der Waals surface area contributed by atoms with E-state index in [4.69, 9.17) is 11.0 Å². The lowest BCUT2D eigenvalue weighted by molar-refractivity contribution is -0.137. The van der Waals surface area contributed by atoms with Crippen molar-refractivity contribution in [2.24, 2.45) is 5.73 Å². The molecule has 30 heavy (non-hydrogen) atoms. The summed E-state index contributed by atoms with van der Waals surface area (Å²) in [7, 11) is -4.09. The van der Waals surface area contributed by atoms with Gasteiger partial charge in [0.1, 0.15) is 11.4 Å². The van der Waals surface area contributed by atoms with Crippen LogP contribution in [0.1, 0.15) is 18.1 Å². The molecule has 0 aliphatic carbocycles. The molecule has 2 aromatic rings. The Morgan fingerprint density at radius 1 is 1.17 bits per heavy atom. The molecule has 2 rings (SSSR count). The second-order valence-corrected chi connectivity index (χ2v) is 8.44. The van der Waals surface area contributed by atoms with Gasteiger partial charge in [-0.25, -0.2) is 12.8 Å². The van der Waals surface area contributed by atoms with E-state index in [1.807, 2.05) is 0 Å². The number of anilines is 1. The molecule has 0 saturated carbocycles. The van der Waals surface area contributed by atoms with Crippen molar-refractivity contribution < 1.29 is 30.8 Å². The number of nitrogens with two attached hydrogens (primary N) is 1. The Morgan fingerprint density at radius 3 is 2.23 bits per heavy atom. The zero-order valence-electron chi connectivity index (χ0n) is 15.3. The molecule has 6 nitrogen and oxygen atoms in total. The Hall–Kier alpha value is -2.68. The second-order valence-electron chi connectivity index (χ2n) is 6.45. The van der Waals surface area contributed by atoms with Crippen molar-refractivity contribution >= 4 is 33.8 Å². The highest BCUT2D eigenvalue weighted by molar-refractivity contribution is 7.91. The van der Waals surface area contributed by atoms with E-state index in [0.29, 0.717) is 6.07 Å². The summed E-state index contributed by atoms with van der Waals surface area (Å²) in [6.45, 7) is 1.09. The number of amides is 1. The Kier molecular flexibility index (Phi) is 7.60. The van der Waals surface area contributed by atoms with E-state index in [2.05, 4.69) is 5.32 Å². The predicted octanol–water partition coefficient (Wildman–Crippen LogP) is 3.27. The number of halogens is 5. The number of nitrogens with zero attached hydrogens (tertiary/aromatic N) is 1. The summed E-state index contributed by atoms with van der Waals surface area (Å²) in [5, 5.41) is 10.9. The number of rotatable bonds is 5. The molecule has 0 radical (unpaired) electrons. The van der Waals surface area contributed by atoms with Gasteiger partial charge in [0, 0.05) is 5.69 Å². The van der Waals surface area contributed by atoms with Crippen LogP contribution in [0.2, 0.25) is 0 Å². The van der Waals surface area contributed by atoms with Gasteiger partial charge in [0.05, 0.1) is 27.8 Å². The summed E-state index contributed by atoms with van der Waals surface area (Å²) < 4.78 is 76.9. The Balaban J connectivity index is 0.00000450. The van der Waals surface area contributed by atoms with Crippen molar-refractivity contribution in [1.29, 1.82) is 5.26 Å². The zero-order chi connectivity index (χ0) is 22.0. The molecule has 12 heteroatoms. The molecular formula is C18H16ClF4N3O3S. The smallest absolute Gasteiger partial charge is 0.324 e. The number of hydrogen-bond donors (Lipinski definition) is 2. The number of alkyl halides is 3. The van der Waals surface area contributed by atoms with Gasteiger partial charge in [-0.05, 0) is 49.4 Å². The molecule has 1 amide bonds. The molecule has 0 aliphatic rings. The summed E-state index contributed by atoms with van der Waals surface area (Å²) in [6, 6.07) is 7.77. The van der Waals surface area contributed by atoms with Crippen LogP contribution in [0.5, 0.6) is 0 Å². The van der Waals surface area contributed by atoms with Crippen LogP contribution in [-0.4, -0.2) is 25.6 Å². The summed E-state index contributed by atoms with van der Waals surface area (Å²) in [5.74, 6) is -2.58. The predicted molar refractivity (Wildman–Crippen MR) is 103 cm³/mol. The third-order valence-corrected chi connectivity index (χ3v) is 5.85. The van der Waals surface area contributed by atoms with E-state index in [1.165, 1.54) is 6.07 Å². The van der Waals surface area contributed by atoms with Gasteiger partial charge in [0.25, 0.3) is 0 Å². The molecule has 0 heterocycles. The maximum Gasteiger partial charge on any atom is 0.417 e. The number of carbonyl (C=O) groups is 1. The minimum atomic E-state index is -4.83. The third-order valence-electron chi connectivity index (χ3n) is 3.88. The van der Waals surface area contributed by atoms with Crippen LogP contribution in [0.4, 0.5) is 23.2 Å². The van der Waals surface area contributed by atoms with E-state index in [0.717, 1.165) is 43.3 Å². The van der Waals surface area contributed by atoms with Gasteiger partial charge in [-0.1, -0.05) is 0 Å². The van der Waals surface area contributed by atoms with Crippen LogP contribution in [-0.2, 0) is 20.8 Å². The largest absolute Gasteiger partial charge is 0.417 e. The van der Waals surface area contributed by atoms with Crippen molar-refractivity contribution in [1.82, 2.24) is 0 Å². The molecule has 162 valence electrons. The molecule has 0 fully saturated rings. The fourth-order valence-electron chi connectivity index (χ4n) is 2.41. The van der Waals surface area contributed by atoms with E-state index >= 15 is 0 Å². The van der Waals surface area contributed by atoms with E-state index in [9.17, 15) is 30.8 Å². The van der Waals surface area contributed by atoms with E-state index < -0.39 is 50.2 Å². The van der Waals surface area contributed by atoms with Crippen LogP contribution in [0.15, 0.2) is 47.4 Å². The topological polar surface area (TPSA) is 113 Å². The number of nitrogens with one attached hydrogen (secondary N) is 1. The first-order valence-corrected chi connectivity index (χ1v) is 9.61. The highest BCUT2D eigenvalue weighted by atomic mass is 35.5. The minimum absolute atomic E-state index is 0. The van der Waals surface area contributed by atoms with E-state index in [1.54, 1.807) is 0 Å². The van der Waals surface area contributed by atoms with Crippen molar-refractivity contribution in [2.75, 3.05) is 11.1 Å². The van der Waals surface area contributed by atoms with Gasteiger partial charge in [-0.3, -0.25) is 4.79 Å². The van der Waals surface area contributed by atoms with Crippen molar-refractivity contribution in [2.45, 2.75) is 23.5 Å². The summed E-state index contributed by atoms with van der Waals surface area (Å²) in [4.78, 5) is 12.1. The molecule has 0 bridgehead atoms. The molecule has 0 spiro atoms. The maximum absolute atomic E-state index is 13.0. The Labute approximate surface area is 176 Å². The van der Waals surface area contributed by atoms with Crippen LogP contribution in [0, 0.1) is 17.1 Å². The molecule has 0 saturated heterocycles. The highest BCUT2D eigenvalue weighted by Crippen LogP contribution is 2.33. The SMILES string of the molecule is C[C@](N)(CS(=O)(=O)c1ccc(F)cc1)C(=O)Nc1ccc(C#N)c(C(F)(F)F)c1.Cl. The van der Waals surface area contributed by atoms with Crippen molar-refractivity contribution in [3.8, 4) is 6.07 Å². The molecular weight excluding hydrogens is 450 g/mol. The fourth-order valence-corrected chi connectivity index (χ4v) is 4.05. The molecule has 0 aromatic heterocycles. The quantitative estimate of drug-likeness (QED) is 0.519. The molecule has 2 aromatic carbocycles. The number of sulfone groups is 1. The van der Waals surface area contributed by atoms with Crippen LogP contribution < -0.4 is 11.1 Å². The number of carbonyl (C=O) groups excluding carboxylic acids is 1. The first-order chi connectivity index (χ1) is 13.3.